The smallest absolute Gasteiger partial charge is 0.224 e. The monoisotopic (exact) mass is 532 g/mol. The van der Waals surface area contributed by atoms with Gasteiger partial charge in [0.25, 0.3) is 0 Å². The Morgan fingerprint density at radius 1 is 0.897 bits per heavy atom. The predicted octanol–water partition coefficient (Wildman–Crippen LogP) is 7.81. The standard InChI is InChI=1S/C31H28N6OS/c38-30(10-19-4-2-1-3-5-19)34-23-11-22(14-32-15-23)20-6-7-27-25(12-20)31(37-36-27)28-13-24-26(21-8-9-39-18-21)16-33-17-29(24)35-28/h6-9,11-19,35H,1-5,10H2,(H,34,38)(H,36,37). The summed E-state index contributed by atoms with van der Waals surface area (Å²) in [7, 11) is 0. The Morgan fingerprint density at radius 3 is 2.67 bits per heavy atom. The van der Waals surface area contributed by atoms with Crippen molar-refractivity contribution in [3.8, 4) is 33.6 Å². The number of fused-ring (bicyclic) bond motifs is 2. The van der Waals surface area contributed by atoms with Crippen molar-refractivity contribution < 1.29 is 4.79 Å². The van der Waals surface area contributed by atoms with E-state index in [9.17, 15) is 4.79 Å². The Kier molecular flexibility index (Phi) is 6.17. The first-order valence-corrected chi connectivity index (χ1v) is 14.4. The molecule has 7 rings (SSSR count). The maximum Gasteiger partial charge on any atom is 0.224 e. The normalized spacial score (nSPS) is 14.3. The minimum absolute atomic E-state index is 0.0727. The molecule has 0 atom stereocenters. The number of aromatic amines is 2. The van der Waals surface area contributed by atoms with E-state index in [4.69, 9.17) is 0 Å². The van der Waals surface area contributed by atoms with E-state index in [0.717, 1.165) is 74.0 Å². The van der Waals surface area contributed by atoms with E-state index in [1.165, 1.54) is 19.3 Å². The van der Waals surface area contributed by atoms with Crippen LogP contribution in [0.15, 0.2) is 71.9 Å². The van der Waals surface area contributed by atoms with Gasteiger partial charge in [-0.1, -0.05) is 25.3 Å². The van der Waals surface area contributed by atoms with E-state index in [1.807, 2.05) is 30.7 Å². The van der Waals surface area contributed by atoms with Gasteiger partial charge in [0, 0.05) is 40.7 Å². The van der Waals surface area contributed by atoms with E-state index in [-0.39, 0.29) is 5.91 Å². The number of rotatable bonds is 6. The number of anilines is 1. The molecule has 39 heavy (non-hydrogen) atoms. The molecule has 0 saturated heterocycles. The lowest BCUT2D eigenvalue weighted by atomic mass is 9.87. The fraction of sp³-hybridized carbons (Fsp3) is 0.226. The number of H-pyrrole nitrogens is 2. The van der Waals surface area contributed by atoms with Gasteiger partial charge in [-0.15, -0.1) is 0 Å². The number of aromatic nitrogens is 5. The summed E-state index contributed by atoms with van der Waals surface area (Å²) in [5.41, 5.74) is 8.66. The minimum Gasteiger partial charge on any atom is -0.352 e. The largest absolute Gasteiger partial charge is 0.352 e. The zero-order valence-corrected chi connectivity index (χ0v) is 22.2. The van der Waals surface area contributed by atoms with Crippen LogP contribution in [0.4, 0.5) is 5.69 Å². The SMILES string of the molecule is O=C(CC1CCCCC1)Nc1cncc(-c2ccc3[nH]nc(-c4cc5c(-c6ccsc6)cncc5[nH]4)c3c2)c1. The number of nitrogens with one attached hydrogen (secondary N) is 3. The van der Waals surface area contributed by atoms with Gasteiger partial charge in [-0.3, -0.25) is 19.9 Å². The Balaban J connectivity index is 1.19. The number of carbonyl (C=O) groups is 1. The van der Waals surface area contributed by atoms with E-state index >= 15 is 0 Å². The molecular weight excluding hydrogens is 504 g/mol. The van der Waals surface area contributed by atoms with Crippen LogP contribution < -0.4 is 5.32 Å². The number of pyridine rings is 2. The molecule has 1 aromatic carbocycles. The van der Waals surface area contributed by atoms with E-state index < -0.39 is 0 Å². The summed E-state index contributed by atoms with van der Waals surface area (Å²) in [6.07, 6.45) is 14.0. The van der Waals surface area contributed by atoms with Crippen molar-refractivity contribution in [1.82, 2.24) is 25.1 Å². The molecule has 6 aromatic rings. The van der Waals surface area contributed by atoms with Crippen LogP contribution in [0.5, 0.6) is 0 Å². The van der Waals surface area contributed by atoms with E-state index in [0.29, 0.717) is 12.3 Å². The number of benzene rings is 1. The Labute approximate surface area is 229 Å². The number of hydrogen-bond acceptors (Lipinski definition) is 5. The van der Waals surface area contributed by atoms with Crippen LogP contribution in [-0.2, 0) is 4.79 Å². The maximum atomic E-state index is 12.7. The van der Waals surface area contributed by atoms with Crippen molar-refractivity contribution >= 4 is 44.7 Å². The topological polar surface area (TPSA) is 99.3 Å². The van der Waals surface area contributed by atoms with Gasteiger partial charge in [0.2, 0.25) is 5.91 Å². The summed E-state index contributed by atoms with van der Waals surface area (Å²) >= 11 is 1.68. The Morgan fingerprint density at radius 2 is 1.79 bits per heavy atom. The third-order valence-electron chi connectivity index (χ3n) is 7.75. The fourth-order valence-corrected chi connectivity index (χ4v) is 6.41. The summed E-state index contributed by atoms with van der Waals surface area (Å²) < 4.78 is 0. The molecule has 194 valence electrons. The fourth-order valence-electron chi connectivity index (χ4n) is 5.76. The van der Waals surface area contributed by atoms with Crippen LogP contribution in [0.1, 0.15) is 38.5 Å². The van der Waals surface area contributed by atoms with Crippen LogP contribution >= 0.6 is 11.3 Å². The summed E-state index contributed by atoms with van der Waals surface area (Å²) in [4.78, 5) is 25.1. The molecule has 3 N–H and O–H groups in total. The van der Waals surface area contributed by atoms with Crippen molar-refractivity contribution in [2.24, 2.45) is 5.92 Å². The van der Waals surface area contributed by atoms with Crippen LogP contribution in [0.3, 0.4) is 0 Å². The highest BCUT2D eigenvalue weighted by atomic mass is 32.1. The first-order valence-electron chi connectivity index (χ1n) is 13.4. The summed E-state index contributed by atoms with van der Waals surface area (Å²) in [6.45, 7) is 0. The third-order valence-corrected chi connectivity index (χ3v) is 8.43. The summed E-state index contributed by atoms with van der Waals surface area (Å²) in [5, 5.41) is 17.2. The van der Waals surface area contributed by atoms with E-state index in [1.54, 1.807) is 17.5 Å². The molecule has 5 aromatic heterocycles. The molecule has 0 spiro atoms. The molecule has 0 bridgehead atoms. The molecule has 0 radical (unpaired) electrons. The average molecular weight is 533 g/mol. The summed E-state index contributed by atoms with van der Waals surface area (Å²) in [5.74, 6) is 0.571. The lowest BCUT2D eigenvalue weighted by Crippen LogP contribution is -2.18. The number of nitrogens with zero attached hydrogens (tertiary/aromatic N) is 3. The second kappa shape index (κ2) is 10.1. The summed E-state index contributed by atoms with van der Waals surface area (Å²) in [6, 6.07) is 12.5. The first-order chi connectivity index (χ1) is 19.2. The van der Waals surface area contributed by atoms with Gasteiger partial charge >= 0.3 is 0 Å². The molecule has 1 saturated carbocycles. The van der Waals surface area contributed by atoms with Gasteiger partial charge < -0.3 is 10.3 Å². The molecule has 1 amide bonds. The highest BCUT2D eigenvalue weighted by Crippen LogP contribution is 2.35. The lowest BCUT2D eigenvalue weighted by Gasteiger charge is -2.20. The molecule has 8 heteroatoms. The van der Waals surface area contributed by atoms with Gasteiger partial charge in [-0.05, 0) is 71.0 Å². The zero-order valence-electron chi connectivity index (χ0n) is 21.4. The molecule has 1 aliphatic rings. The second-order valence-corrected chi connectivity index (χ2v) is 11.2. The van der Waals surface area contributed by atoms with Gasteiger partial charge in [0.05, 0.1) is 34.8 Å². The van der Waals surface area contributed by atoms with Crippen molar-refractivity contribution in [3.05, 3.63) is 71.9 Å². The van der Waals surface area contributed by atoms with Gasteiger partial charge in [-0.25, -0.2) is 0 Å². The van der Waals surface area contributed by atoms with Crippen LogP contribution in [0.25, 0.3) is 55.4 Å². The highest BCUT2D eigenvalue weighted by Gasteiger charge is 2.18. The zero-order chi connectivity index (χ0) is 26.2. The van der Waals surface area contributed by atoms with Crippen molar-refractivity contribution in [1.29, 1.82) is 0 Å². The predicted molar refractivity (Wildman–Crippen MR) is 158 cm³/mol. The first kappa shape index (κ1) is 23.8. The average Bonchev–Trinajstić information content (AvgIpc) is 3.73. The van der Waals surface area contributed by atoms with Crippen molar-refractivity contribution in [3.63, 3.8) is 0 Å². The molecule has 7 nitrogen and oxygen atoms in total. The van der Waals surface area contributed by atoms with Crippen LogP contribution in [0, 0.1) is 5.92 Å². The van der Waals surface area contributed by atoms with Gasteiger partial charge in [-0.2, -0.15) is 16.4 Å². The molecule has 0 unspecified atom stereocenters. The molecule has 1 fully saturated rings. The number of thiophene rings is 1. The Bertz CT molecular complexity index is 1780. The quantitative estimate of drug-likeness (QED) is 0.204. The van der Waals surface area contributed by atoms with Gasteiger partial charge in [0.15, 0.2) is 0 Å². The Hall–Kier alpha value is -4.30. The minimum atomic E-state index is 0.0727. The molecular formula is C31H28N6OS. The van der Waals surface area contributed by atoms with Crippen molar-refractivity contribution in [2.45, 2.75) is 38.5 Å². The maximum absolute atomic E-state index is 12.7. The van der Waals surface area contributed by atoms with Crippen LogP contribution in [-0.4, -0.2) is 31.1 Å². The van der Waals surface area contributed by atoms with E-state index in [2.05, 4.69) is 65.5 Å². The lowest BCUT2D eigenvalue weighted by molar-refractivity contribution is -0.117. The highest BCUT2D eigenvalue weighted by molar-refractivity contribution is 7.08. The number of carbonyl (C=O) groups excluding carboxylic acids is 1. The van der Waals surface area contributed by atoms with Crippen molar-refractivity contribution in [2.75, 3.05) is 5.32 Å². The second-order valence-electron chi connectivity index (χ2n) is 10.4. The molecule has 1 aliphatic carbocycles. The van der Waals surface area contributed by atoms with Crippen LogP contribution in [0.2, 0.25) is 0 Å². The molecule has 5 heterocycles. The third kappa shape index (κ3) is 4.72. The number of amides is 1. The number of hydrogen-bond donors (Lipinski definition) is 3. The molecule has 0 aliphatic heterocycles. The van der Waals surface area contributed by atoms with Gasteiger partial charge in [0.1, 0.15) is 5.69 Å².